The van der Waals surface area contributed by atoms with Crippen LogP contribution in [-0.2, 0) is 0 Å². The third-order valence-electron chi connectivity index (χ3n) is 5.50. The molecule has 2 aliphatic rings. The van der Waals surface area contributed by atoms with E-state index in [9.17, 15) is 0 Å². The van der Waals surface area contributed by atoms with Crippen LogP contribution in [0.3, 0.4) is 0 Å². The van der Waals surface area contributed by atoms with E-state index in [1.807, 2.05) is 0 Å². The number of aromatic nitrogens is 3. The Bertz CT molecular complexity index is 515. The molecule has 2 unspecified atom stereocenters. The van der Waals surface area contributed by atoms with Crippen molar-refractivity contribution < 1.29 is 0 Å². The summed E-state index contributed by atoms with van der Waals surface area (Å²) in [7, 11) is 2.21. The molecule has 0 spiro atoms. The van der Waals surface area contributed by atoms with Crippen LogP contribution in [-0.4, -0.2) is 27.9 Å². The lowest BCUT2D eigenvalue weighted by Crippen LogP contribution is -2.40. The van der Waals surface area contributed by atoms with Gasteiger partial charge >= 0.3 is 0 Å². The van der Waals surface area contributed by atoms with Gasteiger partial charge in [0.05, 0.1) is 0 Å². The Labute approximate surface area is 132 Å². The summed E-state index contributed by atoms with van der Waals surface area (Å²) < 4.78 is 3.10. The summed E-state index contributed by atoms with van der Waals surface area (Å²) in [6.07, 6.45) is 11.8. The van der Waals surface area contributed by atoms with Gasteiger partial charge in [0.2, 0.25) is 5.95 Å². The third kappa shape index (κ3) is 3.03. The second-order valence-electron chi connectivity index (χ2n) is 6.93. The van der Waals surface area contributed by atoms with E-state index in [2.05, 4.69) is 33.6 Å². The molecule has 2 atom stereocenters. The van der Waals surface area contributed by atoms with Gasteiger partial charge in [0.25, 0.3) is 0 Å². The lowest BCUT2D eigenvalue weighted by molar-refractivity contribution is 0.309. The predicted molar refractivity (Wildman–Crippen MR) is 89.4 cm³/mol. The van der Waals surface area contributed by atoms with Crippen LogP contribution >= 0.6 is 12.2 Å². The number of hydrogen-bond acceptors (Lipinski definition) is 3. The minimum absolute atomic E-state index is 0.543. The Morgan fingerprint density at radius 1 is 1.10 bits per heavy atom. The number of H-pyrrole nitrogens is 1. The van der Waals surface area contributed by atoms with Crippen molar-refractivity contribution >= 4 is 18.2 Å². The average Bonchev–Trinajstić information content (AvgIpc) is 2.90. The van der Waals surface area contributed by atoms with Gasteiger partial charge in [-0.2, -0.15) is 0 Å². The summed E-state index contributed by atoms with van der Waals surface area (Å²) in [5.41, 5.74) is 0. The summed E-state index contributed by atoms with van der Waals surface area (Å²) >= 11 is 5.52. The Morgan fingerprint density at radius 2 is 1.76 bits per heavy atom. The summed E-state index contributed by atoms with van der Waals surface area (Å²) in [4.78, 5) is 2.39. The first-order valence-corrected chi connectivity index (χ1v) is 8.99. The smallest absolute Gasteiger partial charge is 0.225 e. The van der Waals surface area contributed by atoms with Crippen molar-refractivity contribution in [1.29, 1.82) is 0 Å². The van der Waals surface area contributed by atoms with Crippen molar-refractivity contribution in [3.05, 3.63) is 4.77 Å². The van der Waals surface area contributed by atoms with Crippen molar-refractivity contribution in [1.82, 2.24) is 14.8 Å². The molecule has 0 aromatic carbocycles. The summed E-state index contributed by atoms with van der Waals surface area (Å²) in [5, 5.41) is 7.62. The van der Waals surface area contributed by atoms with E-state index in [4.69, 9.17) is 12.2 Å². The second-order valence-corrected chi connectivity index (χ2v) is 7.32. The van der Waals surface area contributed by atoms with Gasteiger partial charge in [-0.1, -0.05) is 39.0 Å². The SMILES string of the molecule is CC1CCCCC1N(C)c1n[nH]c(=S)n1C1CCCCC1. The molecule has 1 heterocycles. The maximum Gasteiger partial charge on any atom is 0.225 e. The van der Waals surface area contributed by atoms with Crippen LogP contribution in [0.15, 0.2) is 0 Å². The van der Waals surface area contributed by atoms with Crippen LogP contribution in [0.5, 0.6) is 0 Å². The van der Waals surface area contributed by atoms with Crippen molar-refractivity contribution in [2.45, 2.75) is 76.8 Å². The van der Waals surface area contributed by atoms with Gasteiger partial charge in [0.1, 0.15) is 0 Å². The molecule has 2 fully saturated rings. The van der Waals surface area contributed by atoms with Gasteiger partial charge in [-0.05, 0) is 43.8 Å². The van der Waals surface area contributed by atoms with Gasteiger partial charge in [0, 0.05) is 19.1 Å². The normalized spacial score (nSPS) is 27.7. The van der Waals surface area contributed by atoms with Crippen LogP contribution in [0.1, 0.15) is 70.8 Å². The van der Waals surface area contributed by atoms with E-state index >= 15 is 0 Å². The van der Waals surface area contributed by atoms with Gasteiger partial charge in [-0.3, -0.25) is 4.57 Å². The molecular formula is C16H28N4S. The molecule has 1 N–H and O–H groups in total. The molecular weight excluding hydrogens is 280 g/mol. The standard InChI is InChI=1S/C16H28N4S/c1-12-8-6-7-11-14(12)19(2)15-17-18-16(21)20(15)13-9-4-3-5-10-13/h12-14H,3-11H2,1-2H3,(H,18,21). The Balaban J connectivity index is 1.86. The van der Waals surface area contributed by atoms with E-state index in [1.165, 1.54) is 57.8 Å². The lowest BCUT2D eigenvalue weighted by Gasteiger charge is -2.37. The number of nitrogens with one attached hydrogen (secondary N) is 1. The summed E-state index contributed by atoms with van der Waals surface area (Å²) in [5.74, 6) is 1.81. The van der Waals surface area contributed by atoms with Crippen molar-refractivity contribution in [3.63, 3.8) is 0 Å². The van der Waals surface area contributed by atoms with Crippen molar-refractivity contribution in [3.8, 4) is 0 Å². The van der Waals surface area contributed by atoms with Gasteiger partial charge < -0.3 is 4.90 Å². The fourth-order valence-corrected chi connectivity index (χ4v) is 4.51. The molecule has 0 saturated heterocycles. The van der Waals surface area contributed by atoms with Crippen LogP contribution in [0.2, 0.25) is 0 Å². The van der Waals surface area contributed by atoms with Crippen molar-refractivity contribution in [2.75, 3.05) is 11.9 Å². The molecule has 3 rings (SSSR count). The largest absolute Gasteiger partial charge is 0.341 e. The molecule has 0 bridgehead atoms. The minimum Gasteiger partial charge on any atom is -0.341 e. The molecule has 1 aromatic rings. The lowest BCUT2D eigenvalue weighted by atomic mass is 9.85. The van der Waals surface area contributed by atoms with Gasteiger partial charge in [-0.25, -0.2) is 5.10 Å². The van der Waals surface area contributed by atoms with Crippen LogP contribution in [0.25, 0.3) is 0 Å². The Kier molecular flexibility index (Phi) is 4.67. The molecule has 21 heavy (non-hydrogen) atoms. The molecule has 4 nitrogen and oxygen atoms in total. The minimum atomic E-state index is 0.543. The van der Waals surface area contributed by atoms with E-state index < -0.39 is 0 Å². The maximum atomic E-state index is 5.52. The molecule has 5 heteroatoms. The molecule has 2 aliphatic carbocycles. The van der Waals surface area contributed by atoms with Gasteiger partial charge in [-0.15, -0.1) is 5.10 Å². The highest BCUT2D eigenvalue weighted by atomic mass is 32.1. The number of rotatable bonds is 3. The third-order valence-corrected chi connectivity index (χ3v) is 5.79. The highest BCUT2D eigenvalue weighted by Gasteiger charge is 2.29. The van der Waals surface area contributed by atoms with E-state index in [-0.39, 0.29) is 0 Å². The zero-order valence-corrected chi connectivity index (χ0v) is 14.2. The van der Waals surface area contributed by atoms with Crippen LogP contribution in [0, 0.1) is 10.7 Å². The zero-order chi connectivity index (χ0) is 14.8. The predicted octanol–water partition coefficient (Wildman–Crippen LogP) is 4.46. The molecule has 2 saturated carbocycles. The highest BCUT2D eigenvalue weighted by Crippen LogP contribution is 2.34. The average molecular weight is 308 g/mol. The molecule has 118 valence electrons. The number of nitrogens with zero attached hydrogens (tertiary/aromatic N) is 3. The summed E-state index contributed by atoms with van der Waals surface area (Å²) in [6, 6.07) is 1.15. The van der Waals surface area contributed by atoms with Crippen LogP contribution in [0.4, 0.5) is 5.95 Å². The van der Waals surface area contributed by atoms with E-state index in [1.54, 1.807) is 0 Å². The Morgan fingerprint density at radius 3 is 2.48 bits per heavy atom. The maximum absolute atomic E-state index is 5.52. The number of hydrogen-bond donors (Lipinski definition) is 1. The molecule has 0 radical (unpaired) electrons. The quantitative estimate of drug-likeness (QED) is 0.838. The fraction of sp³-hybridized carbons (Fsp3) is 0.875. The van der Waals surface area contributed by atoms with E-state index in [0.29, 0.717) is 12.1 Å². The Hall–Kier alpha value is -0.840. The van der Waals surface area contributed by atoms with Gasteiger partial charge in [0.15, 0.2) is 4.77 Å². The molecule has 0 aliphatic heterocycles. The zero-order valence-electron chi connectivity index (χ0n) is 13.3. The van der Waals surface area contributed by atoms with E-state index in [0.717, 1.165) is 16.6 Å². The summed E-state index contributed by atoms with van der Waals surface area (Å²) in [6.45, 7) is 2.38. The fourth-order valence-electron chi connectivity index (χ4n) is 4.23. The first-order chi connectivity index (χ1) is 10.2. The molecule has 0 amide bonds. The molecule has 1 aromatic heterocycles. The first kappa shape index (κ1) is 15.1. The van der Waals surface area contributed by atoms with Crippen LogP contribution < -0.4 is 4.90 Å². The highest BCUT2D eigenvalue weighted by molar-refractivity contribution is 7.71. The number of aromatic amines is 1. The second kappa shape index (κ2) is 6.51. The first-order valence-electron chi connectivity index (χ1n) is 8.58. The number of anilines is 1. The van der Waals surface area contributed by atoms with Crippen molar-refractivity contribution in [2.24, 2.45) is 5.92 Å². The monoisotopic (exact) mass is 308 g/mol. The topological polar surface area (TPSA) is 36.9 Å².